The molecule has 3 nitrogen and oxygen atoms in total. The molecular weight excluding hydrogens is 314 g/mol. The van der Waals surface area contributed by atoms with Crippen LogP contribution in [0.3, 0.4) is 0 Å². The third-order valence-electron chi connectivity index (χ3n) is 3.26. The van der Waals surface area contributed by atoms with Gasteiger partial charge in [-0.15, -0.1) is 0 Å². The SMILES string of the molecule is O=C(NN1CCCC1)c1cc(C(F)(F)F)ccc1C(F)(F)F. The molecule has 0 aliphatic carbocycles. The zero-order chi connectivity index (χ0) is 16.5. The van der Waals surface area contributed by atoms with Gasteiger partial charge in [0.05, 0.1) is 16.7 Å². The predicted octanol–water partition coefficient (Wildman–Crippen LogP) is 3.46. The van der Waals surface area contributed by atoms with Crippen LogP contribution in [-0.2, 0) is 12.4 Å². The Bertz CT molecular complexity index is 561. The van der Waals surface area contributed by atoms with E-state index in [2.05, 4.69) is 5.43 Å². The molecule has 0 spiro atoms. The number of nitrogens with one attached hydrogen (secondary N) is 1. The molecule has 0 unspecified atom stereocenters. The maximum atomic E-state index is 12.9. The van der Waals surface area contributed by atoms with Crippen molar-refractivity contribution in [3.63, 3.8) is 0 Å². The molecule has 1 aromatic carbocycles. The fourth-order valence-electron chi connectivity index (χ4n) is 2.19. The van der Waals surface area contributed by atoms with Gasteiger partial charge in [0.15, 0.2) is 0 Å². The predicted molar refractivity (Wildman–Crippen MR) is 64.7 cm³/mol. The molecule has 22 heavy (non-hydrogen) atoms. The summed E-state index contributed by atoms with van der Waals surface area (Å²) in [6.45, 7) is 0.901. The Morgan fingerprint density at radius 1 is 1.00 bits per heavy atom. The number of alkyl halides is 6. The first-order valence-electron chi connectivity index (χ1n) is 6.43. The molecule has 0 radical (unpaired) electrons. The standard InChI is InChI=1S/C13H12F6N2O/c14-12(15,16)8-3-4-10(13(17,18)19)9(7-8)11(22)20-21-5-1-2-6-21/h3-4,7H,1-2,5-6H2,(H,20,22). The second-order valence-electron chi connectivity index (χ2n) is 4.89. The Morgan fingerprint density at radius 2 is 1.59 bits per heavy atom. The van der Waals surface area contributed by atoms with Crippen molar-refractivity contribution in [2.75, 3.05) is 13.1 Å². The molecule has 122 valence electrons. The molecule has 0 aromatic heterocycles. The van der Waals surface area contributed by atoms with Gasteiger partial charge < -0.3 is 0 Å². The van der Waals surface area contributed by atoms with Crippen LogP contribution in [-0.4, -0.2) is 24.0 Å². The maximum absolute atomic E-state index is 12.9. The van der Waals surface area contributed by atoms with Crippen LogP contribution in [0.4, 0.5) is 26.3 Å². The summed E-state index contributed by atoms with van der Waals surface area (Å²) in [4.78, 5) is 11.9. The second-order valence-corrected chi connectivity index (χ2v) is 4.89. The highest BCUT2D eigenvalue weighted by atomic mass is 19.4. The van der Waals surface area contributed by atoms with E-state index < -0.39 is 35.0 Å². The number of hydrogen-bond donors (Lipinski definition) is 1. The number of carbonyl (C=O) groups excluding carboxylic acids is 1. The Labute approximate surface area is 121 Å². The minimum Gasteiger partial charge on any atom is -0.285 e. The molecule has 2 rings (SSSR count). The van der Waals surface area contributed by atoms with E-state index in [1.807, 2.05) is 0 Å². The van der Waals surface area contributed by atoms with Crippen LogP contribution in [0.2, 0.25) is 0 Å². The molecule has 1 saturated heterocycles. The molecular formula is C13H12F6N2O. The number of benzene rings is 1. The smallest absolute Gasteiger partial charge is 0.285 e. The van der Waals surface area contributed by atoms with E-state index in [-0.39, 0.29) is 12.1 Å². The molecule has 0 atom stereocenters. The van der Waals surface area contributed by atoms with Gasteiger partial charge in [0.2, 0.25) is 0 Å². The Hall–Kier alpha value is -1.77. The van der Waals surface area contributed by atoms with E-state index in [0.29, 0.717) is 19.2 Å². The summed E-state index contributed by atoms with van der Waals surface area (Å²) in [7, 11) is 0. The van der Waals surface area contributed by atoms with Gasteiger partial charge >= 0.3 is 12.4 Å². The van der Waals surface area contributed by atoms with Gasteiger partial charge in [-0.25, -0.2) is 5.01 Å². The molecule has 1 aromatic rings. The Kier molecular flexibility index (Phi) is 4.37. The van der Waals surface area contributed by atoms with Gasteiger partial charge in [-0.05, 0) is 31.0 Å². The summed E-state index contributed by atoms with van der Waals surface area (Å²) in [5.41, 5.74) is -1.51. The van der Waals surface area contributed by atoms with Crippen LogP contribution < -0.4 is 5.43 Å². The van der Waals surface area contributed by atoms with Crippen molar-refractivity contribution in [3.8, 4) is 0 Å². The number of nitrogens with zero attached hydrogens (tertiary/aromatic N) is 1. The summed E-state index contributed by atoms with van der Waals surface area (Å²) in [5, 5.41) is 1.39. The first-order valence-corrected chi connectivity index (χ1v) is 6.43. The van der Waals surface area contributed by atoms with E-state index in [0.717, 1.165) is 12.8 Å². The van der Waals surface area contributed by atoms with E-state index in [1.165, 1.54) is 5.01 Å². The number of hydrazine groups is 1. The van der Waals surface area contributed by atoms with Crippen LogP contribution >= 0.6 is 0 Å². The van der Waals surface area contributed by atoms with Crippen molar-refractivity contribution in [2.24, 2.45) is 0 Å². The van der Waals surface area contributed by atoms with Crippen LogP contribution in [0.15, 0.2) is 18.2 Å². The van der Waals surface area contributed by atoms with Crippen molar-refractivity contribution in [3.05, 3.63) is 34.9 Å². The lowest BCUT2D eigenvalue weighted by atomic mass is 10.0. The number of halogens is 6. The molecule has 0 saturated carbocycles. The van der Waals surface area contributed by atoms with Crippen LogP contribution in [0.1, 0.15) is 34.3 Å². The summed E-state index contributed by atoms with van der Waals surface area (Å²) < 4.78 is 76.6. The maximum Gasteiger partial charge on any atom is 0.417 e. The average Bonchev–Trinajstić information content (AvgIpc) is 2.88. The fraction of sp³-hybridized carbons (Fsp3) is 0.462. The minimum atomic E-state index is -4.91. The lowest BCUT2D eigenvalue weighted by Gasteiger charge is -2.19. The molecule has 1 amide bonds. The molecule has 1 aliphatic heterocycles. The lowest BCUT2D eigenvalue weighted by Crippen LogP contribution is -2.40. The normalized spacial score (nSPS) is 16.8. The van der Waals surface area contributed by atoms with E-state index in [4.69, 9.17) is 0 Å². The van der Waals surface area contributed by atoms with E-state index >= 15 is 0 Å². The Morgan fingerprint density at radius 3 is 2.09 bits per heavy atom. The van der Waals surface area contributed by atoms with E-state index in [9.17, 15) is 31.1 Å². The van der Waals surface area contributed by atoms with Gasteiger partial charge in [0.25, 0.3) is 5.91 Å². The highest BCUT2D eigenvalue weighted by Crippen LogP contribution is 2.36. The zero-order valence-corrected chi connectivity index (χ0v) is 11.2. The van der Waals surface area contributed by atoms with Crippen LogP contribution in [0.5, 0.6) is 0 Å². The van der Waals surface area contributed by atoms with Gasteiger partial charge in [-0.1, -0.05) is 0 Å². The van der Waals surface area contributed by atoms with Gasteiger partial charge in [0.1, 0.15) is 0 Å². The first-order chi connectivity index (χ1) is 10.1. The molecule has 9 heteroatoms. The number of hydrogen-bond acceptors (Lipinski definition) is 2. The monoisotopic (exact) mass is 326 g/mol. The highest BCUT2D eigenvalue weighted by molar-refractivity contribution is 5.95. The molecule has 0 bridgehead atoms. The topological polar surface area (TPSA) is 32.3 Å². The Balaban J connectivity index is 2.38. The summed E-state index contributed by atoms with van der Waals surface area (Å²) >= 11 is 0. The summed E-state index contributed by atoms with van der Waals surface area (Å²) in [5.74, 6) is -1.19. The van der Waals surface area contributed by atoms with Crippen LogP contribution in [0.25, 0.3) is 0 Å². The molecule has 1 N–H and O–H groups in total. The van der Waals surface area contributed by atoms with Crippen LogP contribution in [0, 0.1) is 0 Å². The lowest BCUT2D eigenvalue weighted by molar-refractivity contribution is -0.141. The van der Waals surface area contributed by atoms with Crippen molar-refractivity contribution in [1.82, 2.24) is 10.4 Å². The number of amides is 1. The van der Waals surface area contributed by atoms with Gasteiger partial charge in [-0.2, -0.15) is 26.3 Å². The minimum absolute atomic E-state index is 0.230. The van der Waals surface area contributed by atoms with E-state index in [1.54, 1.807) is 0 Å². The number of carbonyl (C=O) groups is 1. The summed E-state index contributed by atoms with van der Waals surface area (Å²) in [6.07, 6.45) is -8.22. The largest absolute Gasteiger partial charge is 0.417 e. The zero-order valence-electron chi connectivity index (χ0n) is 11.2. The van der Waals surface area contributed by atoms with Crippen molar-refractivity contribution < 1.29 is 31.1 Å². The second kappa shape index (κ2) is 5.79. The average molecular weight is 326 g/mol. The summed E-state index contributed by atoms with van der Waals surface area (Å²) in [6, 6.07) is 0.825. The fourth-order valence-corrected chi connectivity index (χ4v) is 2.19. The highest BCUT2D eigenvalue weighted by Gasteiger charge is 2.38. The number of rotatable bonds is 2. The van der Waals surface area contributed by atoms with Crippen molar-refractivity contribution >= 4 is 5.91 Å². The first kappa shape index (κ1) is 16.6. The third kappa shape index (κ3) is 3.70. The van der Waals surface area contributed by atoms with Gasteiger partial charge in [-0.3, -0.25) is 10.2 Å². The molecule has 1 fully saturated rings. The molecule has 1 aliphatic rings. The third-order valence-corrected chi connectivity index (χ3v) is 3.26. The van der Waals surface area contributed by atoms with Crippen molar-refractivity contribution in [2.45, 2.75) is 25.2 Å². The van der Waals surface area contributed by atoms with Crippen molar-refractivity contribution in [1.29, 1.82) is 0 Å². The van der Waals surface area contributed by atoms with Gasteiger partial charge in [0, 0.05) is 13.1 Å². The molecule has 1 heterocycles. The quantitative estimate of drug-likeness (QED) is 0.844.